The van der Waals surface area contributed by atoms with E-state index in [0.717, 1.165) is 18.8 Å². The van der Waals surface area contributed by atoms with Crippen LogP contribution in [-0.2, 0) is 9.59 Å². The number of hydrogen-bond donors (Lipinski definition) is 0. The first-order chi connectivity index (χ1) is 7.66. The molecule has 0 aromatic heterocycles. The van der Waals surface area contributed by atoms with Crippen molar-refractivity contribution in [1.29, 1.82) is 0 Å². The van der Waals surface area contributed by atoms with Crippen LogP contribution in [-0.4, -0.2) is 29.7 Å². The van der Waals surface area contributed by atoms with Crippen molar-refractivity contribution in [2.75, 3.05) is 13.1 Å². The fourth-order valence-corrected chi connectivity index (χ4v) is 2.74. The number of carbonyl (C=O) groups excluding carboxylic acids is 2. The number of carbonyl (C=O) groups is 2. The van der Waals surface area contributed by atoms with Gasteiger partial charge in [0.05, 0.1) is 0 Å². The highest BCUT2D eigenvalue weighted by atomic mass is 16.2. The van der Waals surface area contributed by atoms with Gasteiger partial charge in [0.2, 0.25) is 5.91 Å². The first-order valence-corrected chi connectivity index (χ1v) is 6.47. The molecule has 0 radical (unpaired) electrons. The van der Waals surface area contributed by atoms with Crippen molar-refractivity contribution in [3.63, 3.8) is 0 Å². The Balaban J connectivity index is 1.85. The molecule has 0 atom stereocenters. The van der Waals surface area contributed by atoms with Gasteiger partial charge in [0.25, 0.3) is 0 Å². The van der Waals surface area contributed by atoms with Crippen molar-refractivity contribution in [3.05, 3.63) is 0 Å². The lowest BCUT2D eigenvalue weighted by atomic mass is 9.82. The molecule has 2 aliphatic rings. The Labute approximate surface area is 97.2 Å². The lowest BCUT2D eigenvalue weighted by Crippen LogP contribution is -2.42. The number of piperidine rings is 1. The molecular weight excluding hydrogens is 202 g/mol. The molecule has 1 aliphatic carbocycles. The van der Waals surface area contributed by atoms with Gasteiger partial charge in [0, 0.05) is 31.8 Å². The van der Waals surface area contributed by atoms with Gasteiger partial charge < -0.3 is 4.90 Å². The Hall–Kier alpha value is -0.860. The lowest BCUT2D eigenvalue weighted by Gasteiger charge is -2.32. The van der Waals surface area contributed by atoms with Gasteiger partial charge in [-0.2, -0.15) is 0 Å². The van der Waals surface area contributed by atoms with Gasteiger partial charge in [-0.05, 0) is 31.6 Å². The van der Waals surface area contributed by atoms with Gasteiger partial charge in [-0.3, -0.25) is 9.59 Å². The molecule has 0 spiro atoms. The van der Waals surface area contributed by atoms with Crippen LogP contribution in [0.1, 0.15) is 45.4 Å². The zero-order chi connectivity index (χ0) is 11.5. The van der Waals surface area contributed by atoms with Crippen molar-refractivity contribution in [3.8, 4) is 0 Å². The molecule has 3 nitrogen and oxygen atoms in total. The molecule has 2 rings (SSSR count). The Morgan fingerprint density at radius 2 is 1.69 bits per heavy atom. The van der Waals surface area contributed by atoms with Crippen LogP contribution in [0.2, 0.25) is 0 Å². The highest BCUT2D eigenvalue weighted by molar-refractivity contribution is 5.84. The maximum Gasteiger partial charge on any atom is 0.225 e. The quantitative estimate of drug-likeness (QED) is 0.682. The third-order valence-corrected chi connectivity index (χ3v) is 4.00. The molecule has 2 fully saturated rings. The first-order valence-electron chi connectivity index (χ1n) is 6.47. The Kier molecular flexibility index (Phi) is 3.62. The maximum absolute atomic E-state index is 12.2. The number of hydrogen-bond acceptors (Lipinski definition) is 2. The van der Waals surface area contributed by atoms with Crippen LogP contribution in [0.3, 0.4) is 0 Å². The average molecular weight is 223 g/mol. The van der Waals surface area contributed by atoms with E-state index < -0.39 is 0 Å². The van der Waals surface area contributed by atoms with E-state index in [0.29, 0.717) is 37.6 Å². The summed E-state index contributed by atoms with van der Waals surface area (Å²) in [4.78, 5) is 25.2. The molecule has 0 aromatic rings. The first kappa shape index (κ1) is 11.6. The van der Waals surface area contributed by atoms with E-state index in [1.54, 1.807) is 0 Å². The molecule has 1 saturated carbocycles. The standard InChI is InChI=1S/C13H21NO2/c1-10-2-4-11(5-3-10)13(16)14-8-6-12(15)7-9-14/h10-11H,2-9H2,1H3. The molecular formula is C13H21NO2. The van der Waals surface area contributed by atoms with Crippen LogP contribution in [0.15, 0.2) is 0 Å². The highest BCUT2D eigenvalue weighted by Gasteiger charge is 2.29. The number of rotatable bonds is 1. The number of Topliss-reactive ketones (excluding diaryl/α,β-unsaturated/α-hetero) is 1. The van der Waals surface area contributed by atoms with Crippen molar-refractivity contribution in [2.45, 2.75) is 45.4 Å². The van der Waals surface area contributed by atoms with E-state index in [9.17, 15) is 9.59 Å². The van der Waals surface area contributed by atoms with Crippen LogP contribution in [0, 0.1) is 11.8 Å². The molecule has 90 valence electrons. The third-order valence-electron chi connectivity index (χ3n) is 4.00. The van der Waals surface area contributed by atoms with Crippen molar-refractivity contribution >= 4 is 11.7 Å². The van der Waals surface area contributed by atoms with E-state index in [4.69, 9.17) is 0 Å². The lowest BCUT2D eigenvalue weighted by molar-refractivity contribution is -0.139. The average Bonchev–Trinajstić information content (AvgIpc) is 2.30. The van der Waals surface area contributed by atoms with E-state index in [1.165, 1.54) is 12.8 Å². The predicted molar refractivity (Wildman–Crippen MR) is 61.9 cm³/mol. The number of nitrogens with zero attached hydrogens (tertiary/aromatic N) is 1. The van der Waals surface area contributed by atoms with Gasteiger partial charge in [0.1, 0.15) is 5.78 Å². The molecule has 16 heavy (non-hydrogen) atoms. The van der Waals surface area contributed by atoms with Gasteiger partial charge in [-0.25, -0.2) is 0 Å². The molecule has 1 amide bonds. The van der Waals surface area contributed by atoms with Crippen molar-refractivity contribution in [2.24, 2.45) is 11.8 Å². The highest BCUT2D eigenvalue weighted by Crippen LogP contribution is 2.30. The predicted octanol–water partition coefficient (Wildman–Crippen LogP) is 2.00. The summed E-state index contributed by atoms with van der Waals surface area (Å²) < 4.78 is 0. The fourth-order valence-electron chi connectivity index (χ4n) is 2.74. The summed E-state index contributed by atoms with van der Waals surface area (Å²) in [6.45, 7) is 3.58. The molecule has 1 heterocycles. The zero-order valence-electron chi connectivity index (χ0n) is 10.1. The summed E-state index contributed by atoms with van der Waals surface area (Å²) in [7, 11) is 0. The molecule has 0 unspecified atom stereocenters. The Bertz CT molecular complexity index is 270. The molecule has 3 heteroatoms. The molecule has 0 aromatic carbocycles. The summed E-state index contributed by atoms with van der Waals surface area (Å²) in [5.41, 5.74) is 0. The van der Waals surface area contributed by atoms with E-state index in [1.807, 2.05) is 4.90 Å². The van der Waals surface area contributed by atoms with Gasteiger partial charge in [0.15, 0.2) is 0 Å². The third kappa shape index (κ3) is 2.63. The minimum atomic E-state index is 0.240. The molecule has 0 bridgehead atoms. The van der Waals surface area contributed by atoms with Crippen LogP contribution < -0.4 is 0 Å². The van der Waals surface area contributed by atoms with Crippen LogP contribution in [0.4, 0.5) is 0 Å². The molecule has 0 N–H and O–H groups in total. The monoisotopic (exact) mass is 223 g/mol. The van der Waals surface area contributed by atoms with Crippen molar-refractivity contribution in [1.82, 2.24) is 4.90 Å². The zero-order valence-corrected chi connectivity index (χ0v) is 10.1. The molecule has 1 saturated heterocycles. The van der Waals surface area contributed by atoms with E-state index >= 15 is 0 Å². The van der Waals surface area contributed by atoms with Gasteiger partial charge >= 0.3 is 0 Å². The second-order valence-electron chi connectivity index (χ2n) is 5.32. The van der Waals surface area contributed by atoms with Crippen LogP contribution in [0.5, 0.6) is 0 Å². The summed E-state index contributed by atoms with van der Waals surface area (Å²) in [5.74, 6) is 1.64. The minimum absolute atomic E-state index is 0.240. The Morgan fingerprint density at radius 1 is 1.12 bits per heavy atom. The van der Waals surface area contributed by atoms with Crippen LogP contribution >= 0.6 is 0 Å². The second kappa shape index (κ2) is 4.98. The van der Waals surface area contributed by atoms with E-state index in [2.05, 4.69) is 6.92 Å². The summed E-state index contributed by atoms with van der Waals surface area (Å²) >= 11 is 0. The fraction of sp³-hybridized carbons (Fsp3) is 0.846. The van der Waals surface area contributed by atoms with Gasteiger partial charge in [-0.1, -0.05) is 6.92 Å². The van der Waals surface area contributed by atoms with Crippen molar-refractivity contribution < 1.29 is 9.59 Å². The summed E-state index contributed by atoms with van der Waals surface area (Å²) in [5, 5.41) is 0. The maximum atomic E-state index is 12.2. The van der Waals surface area contributed by atoms with Crippen LogP contribution in [0.25, 0.3) is 0 Å². The minimum Gasteiger partial charge on any atom is -0.342 e. The number of amides is 1. The number of likely N-dealkylation sites (tertiary alicyclic amines) is 1. The molecule has 1 aliphatic heterocycles. The summed E-state index contributed by atoms with van der Waals surface area (Å²) in [6, 6.07) is 0. The van der Waals surface area contributed by atoms with E-state index in [-0.39, 0.29) is 5.92 Å². The second-order valence-corrected chi connectivity index (χ2v) is 5.32. The van der Waals surface area contributed by atoms with Gasteiger partial charge in [-0.15, -0.1) is 0 Å². The normalized spacial score (nSPS) is 31.6. The smallest absolute Gasteiger partial charge is 0.225 e. The summed E-state index contributed by atoms with van der Waals surface area (Å²) in [6.07, 6.45) is 5.59. The SMILES string of the molecule is CC1CCC(C(=O)N2CCC(=O)CC2)CC1. The Morgan fingerprint density at radius 3 is 2.25 bits per heavy atom. The number of ketones is 1. The topological polar surface area (TPSA) is 37.4 Å². The largest absolute Gasteiger partial charge is 0.342 e.